The molecule has 1 N–H and O–H groups in total. The summed E-state index contributed by atoms with van der Waals surface area (Å²) < 4.78 is 31.7. The van der Waals surface area contributed by atoms with Gasteiger partial charge in [-0.2, -0.15) is 4.31 Å². The highest BCUT2D eigenvalue weighted by molar-refractivity contribution is 7.89. The molecule has 0 radical (unpaired) electrons. The van der Waals surface area contributed by atoms with E-state index in [9.17, 15) is 8.42 Å². The van der Waals surface area contributed by atoms with Gasteiger partial charge in [0.25, 0.3) is 10.0 Å². The van der Waals surface area contributed by atoms with E-state index in [0.29, 0.717) is 13.1 Å². The topological polar surface area (TPSA) is 74.0 Å². The zero-order valence-electron chi connectivity index (χ0n) is 11.2. The fraction of sp³-hybridized carbons (Fsp3) is 0.667. The lowest BCUT2D eigenvalue weighted by Gasteiger charge is -2.26. The number of rotatable bonds is 3. The van der Waals surface area contributed by atoms with E-state index in [1.54, 1.807) is 0 Å². The first-order valence-corrected chi connectivity index (χ1v) is 7.79. The Hall–Kier alpha value is -0.890. The van der Waals surface area contributed by atoms with E-state index in [1.807, 2.05) is 14.0 Å². The number of hydrogen-bond acceptors (Lipinski definition) is 5. The van der Waals surface area contributed by atoms with Crippen molar-refractivity contribution in [3.63, 3.8) is 0 Å². The van der Waals surface area contributed by atoms with Gasteiger partial charge in [0, 0.05) is 19.1 Å². The van der Waals surface area contributed by atoms with Gasteiger partial charge in [0.1, 0.15) is 12.4 Å². The zero-order valence-corrected chi connectivity index (χ0v) is 12.1. The SMILES string of the molecule is CC1CN(C)CCCN1S(=O)(=O)c1ccc(CO)o1. The lowest BCUT2D eigenvalue weighted by atomic mass is 10.3. The Bertz CT molecular complexity index is 526. The second-order valence-corrected chi connectivity index (χ2v) is 6.78. The Morgan fingerprint density at radius 2 is 2.16 bits per heavy atom. The molecule has 6 nitrogen and oxygen atoms in total. The summed E-state index contributed by atoms with van der Waals surface area (Å²) in [5, 5.41) is 8.86. The van der Waals surface area contributed by atoms with Gasteiger partial charge in [-0.25, -0.2) is 8.42 Å². The highest BCUT2D eigenvalue weighted by Crippen LogP contribution is 2.22. The van der Waals surface area contributed by atoms with Crippen LogP contribution in [0.15, 0.2) is 21.6 Å². The molecule has 1 aliphatic heterocycles. The van der Waals surface area contributed by atoms with Crippen LogP contribution in [0.1, 0.15) is 19.1 Å². The number of hydrogen-bond donors (Lipinski definition) is 1. The number of aliphatic hydroxyl groups excluding tert-OH is 1. The third-order valence-corrected chi connectivity index (χ3v) is 5.23. The molecule has 1 atom stereocenters. The van der Waals surface area contributed by atoms with E-state index < -0.39 is 10.0 Å². The first kappa shape index (κ1) is 14.5. The van der Waals surface area contributed by atoms with E-state index in [-0.39, 0.29) is 23.5 Å². The summed E-state index contributed by atoms with van der Waals surface area (Å²) >= 11 is 0. The monoisotopic (exact) mass is 288 g/mol. The van der Waals surface area contributed by atoms with E-state index in [1.165, 1.54) is 16.4 Å². The first-order chi connectivity index (χ1) is 8.95. The first-order valence-electron chi connectivity index (χ1n) is 6.35. The van der Waals surface area contributed by atoms with Crippen LogP contribution < -0.4 is 0 Å². The van der Waals surface area contributed by atoms with Crippen molar-refractivity contribution in [1.29, 1.82) is 0 Å². The van der Waals surface area contributed by atoms with Gasteiger partial charge in [0.05, 0.1) is 0 Å². The Kier molecular flexibility index (Phi) is 4.29. The summed E-state index contributed by atoms with van der Waals surface area (Å²) in [5.41, 5.74) is 0. The molecule has 1 aromatic rings. The summed E-state index contributed by atoms with van der Waals surface area (Å²) in [4.78, 5) is 2.13. The van der Waals surface area contributed by atoms with Crippen molar-refractivity contribution >= 4 is 10.0 Å². The normalized spacial score (nSPS) is 23.4. The minimum absolute atomic E-state index is 0.0899. The largest absolute Gasteiger partial charge is 0.446 e. The van der Waals surface area contributed by atoms with Crippen LogP contribution in [0.3, 0.4) is 0 Å². The zero-order chi connectivity index (χ0) is 14.0. The van der Waals surface area contributed by atoms with Crippen molar-refractivity contribution in [3.8, 4) is 0 Å². The van der Waals surface area contributed by atoms with E-state index in [0.717, 1.165) is 13.0 Å². The van der Waals surface area contributed by atoms with Crippen LogP contribution in [-0.2, 0) is 16.6 Å². The van der Waals surface area contributed by atoms with Crippen molar-refractivity contribution in [2.75, 3.05) is 26.7 Å². The van der Waals surface area contributed by atoms with Gasteiger partial charge in [-0.3, -0.25) is 0 Å². The smallest absolute Gasteiger partial charge is 0.276 e. The molecule has 19 heavy (non-hydrogen) atoms. The molecule has 1 unspecified atom stereocenters. The van der Waals surface area contributed by atoms with Crippen LogP contribution in [0.4, 0.5) is 0 Å². The molecule has 1 saturated heterocycles. The maximum Gasteiger partial charge on any atom is 0.276 e. The summed E-state index contributed by atoms with van der Waals surface area (Å²) in [6, 6.07) is 2.80. The van der Waals surface area contributed by atoms with Crippen LogP contribution in [0, 0.1) is 0 Å². The van der Waals surface area contributed by atoms with Gasteiger partial charge in [0.15, 0.2) is 0 Å². The fourth-order valence-corrected chi connectivity index (χ4v) is 4.00. The molecular weight excluding hydrogens is 268 g/mol. The Balaban J connectivity index is 2.27. The predicted octanol–water partition coefficient (Wildman–Crippen LogP) is 0.487. The van der Waals surface area contributed by atoms with Crippen molar-refractivity contribution in [3.05, 3.63) is 17.9 Å². The number of nitrogens with zero attached hydrogens (tertiary/aromatic N) is 2. The standard InChI is InChI=1S/C12H20N2O4S/c1-10-8-13(2)6-3-7-14(10)19(16,17)12-5-4-11(9-15)18-12/h4-5,10,15H,3,6-9H2,1-2H3. The molecule has 7 heteroatoms. The van der Waals surface area contributed by atoms with Crippen molar-refractivity contribution in [1.82, 2.24) is 9.21 Å². The molecule has 1 fully saturated rings. The van der Waals surface area contributed by atoms with Crippen molar-refractivity contribution in [2.45, 2.75) is 31.1 Å². The van der Waals surface area contributed by atoms with Gasteiger partial charge in [-0.15, -0.1) is 0 Å². The fourth-order valence-electron chi connectivity index (χ4n) is 2.40. The van der Waals surface area contributed by atoms with E-state index >= 15 is 0 Å². The molecule has 108 valence electrons. The summed E-state index contributed by atoms with van der Waals surface area (Å²) in [5.74, 6) is 0.262. The minimum Gasteiger partial charge on any atom is -0.446 e. The molecule has 1 aromatic heterocycles. The van der Waals surface area contributed by atoms with Crippen LogP contribution in [-0.4, -0.2) is 55.5 Å². The third kappa shape index (κ3) is 3.00. The van der Waals surface area contributed by atoms with Gasteiger partial charge in [-0.1, -0.05) is 0 Å². The van der Waals surface area contributed by atoms with Crippen LogP contribution in [0.2, 0.25) is 0 Å². The predicted molar refractivity (Wildman–Crippen MR) is 70.1 cm³/mol. The summed E-state index contributed by atoms with van der Waals surface area (Å²) in [6.45, 7) is 3.68. The number of likely N-dealkylation sites (N-methyl/N-ethyl adjacent to an activating group) is 1. The Morgan fingerprint density at radius 1 is 1.42 bits per heavy atom. The number of sulfonamides is 1. The van der Waals surface area contributed by atoms with Gasteiger partial charge < -0.3 is 14.4 Å². The molecule has 0 amide bonds. The third-order valence-electron chi connectivity index (χ3n) is 3.34. The maximum absolute atomic E-state index is 12.5. The Labute approximate surface area is 113 Å². The molecule has 0 bridgehead atoms. The minimum atomic E-state index is -3.62. The Morgan fingerprint density at radius 3 is 2.79 bits per heavy atom. The van der Waals surface area contributed by atoms with Crippen molar-refractivity contribution < 1.29 is 17.9 Å². The molecular formula is C12H20N2O4S. The average Bonchev–Trinajstić information content (AvgIpc) is 2.76. The maximum atomic E-state index is 12.5. The molecule has 0 aliphatic carbocycles. The quantitative estimate of drug-likeness (QED) is 0.876. The van der Waals surface area contributed by atoms with Gasteiger partial charge in [0.2, 0.25) is 5.09 Å². The molecule has 0 aromatic carbocycles. The molecule has 2 heterocycles. The molecule has 0 saturated carbocycles. The second-order valence-electron chi connectivity index (χ2n) is 4.96. The number of aliphatic hydroxyl groups is 1. The second kappa shape index (κ2) is 5.62. The van der Waals surface area contributed by atoms with Crippen LogP contribution in [0.5, 0.6) is 0 Å². The number of furan rings is 1. The van der Waals surface area contributed by atoms with Gasteiger partial charge >= 0.3 is 0 Å². The highest BCUT2D eigenvalue weighted by atomic mass is 32.2. The lowest BCUT2D eigenvalue weighted by molar-refractivity contribution is 0.233. The van der Waals surface area contributed by atoms with E-state index in [2.05, 4.69) is 4.90 Å². The van der Waals surface area contributed by atoms with Crippen LogP contribution in [0.25, 0.3) is 0 Å². The molecule has 2 rings (SSSR count). The van der Waals surface area contributed by atoms with Crippen LogP contribution >= 0.6 is 0 Å². The highest BCUT2D eigenvalue weighted by Gasteiger charge is 2.33. The molecule has 1 aliphatic rings. The van der Waals surface area contributed by atoms with Crippen molar-refractivity contribution in [2.24, 2.45) is 0 Å². The molecule has 0 spiro atoms. The lowest BCUT2D eigenvalue weighted by Crippen LogP contribution is -2.41. The average molecular weight is 288 g/mol. The summed E-state index contributed by atoms with van der Waals surface area (Å²) in [6.07, 6.45) is 0.799. The summed E-state index contributed by atoms with van der Waals surface area (Å²) in [7, 11) is -1.63. The van der Waals surface area contributed by atoms with Gasteiger partial charge in [-0.05, 0) is 39.1 Å². The van der Waals surface area contributed by atoms with E-state index in [4.69, 9.17) is 9.52 Å².